The molecule has 1 saturated carbocycles. The van der Waals surface area contributed by atoms with E-state index in [1.165, 1.54) is 0 Å². The third-order valence-electron chi connectivity index (χ3n) is 7.26. The van der Waals surface area contributed by atoms with Crippen LogP contribution in [0, 0.1) is 11.7 Å². The van der Waals surface area contributed by atoms with Crippen LogP contribution in [0.1, 0.15) is 37.9 Å². The summed E-state index contributed by atoms with van der Waals surface area (Å²) in [6.07, 6.45) is 2.61. The second-order valence-electron chi connectivity index (χ2n) is 9.76. The molecule has 2 atom stereocenters. The third-order valence-corrected chi connectivity index (χ3v) is 7.26. The number of anilines is 1. The molecule has 3 heterocycles. The fourth-order valence-electron chi connectivity index (χ4n) is 5.02. The summed E-state index contributed by atoms with van der Waals surface area (Å²) < 4.78 is 21.6. The molecule has 2 aromatic carbocycles. The van der Waals surface area contributed by atoms with Crippen LogP contribution in [0.5, 0.6) is 5.75 Å². The summed E-state index contributed by atoms with van der Waals surface area (Å²) in [6, 6.07) is 9.46. The average molecular weight is 464 g/mol. The molecule has 7 nitrogen and oxygen atoms in total. The number of H-pyrrole nitrogens is 1. The van der Waals surface area contributed by atoms with Crippen LogP contribution >= 0.6 is 0 Å². The third kappa shape index (κ3) is 4.11. The predicted octanol–water partition coefficient (Wildman–Crippen LogP) is 3.56. The Bertz CT molecular complexity index is 1230. The zero-order chi connectivity index (χ0) is 23.2. The number of carbonyl (C=O) groups excluding carboxylic acids is 1. The van der Waals surface area contributed by atoms with Gasteiger partial charge in [-0.1, -0.05) is 6.07 Å². The van der Waals surface area contributed by atoms with Crippen molar-refractivity contribution < 1.29 is 13.9 Å². The van der Waals surface area contributed by atoms with Crippen molar-refractivity contribution in [1.82, 2.24) is 20.6 Å². The number of amides is 1. The Morgan fingerprint density at radius 1 is 1.15 bits per heavy atom. The van der Waals surface area contributed by atoms with Gasteiger partial charge in [0.15, 0.2) is 0 Å². The first-order chi connectivity index (χ1) is 16.5. The molecule has 6 rings (SSSR count). The van der Waals surface area contributed by atoms with E-state index in [1.807, 2.05) is 31.2 Å². The molecule has 178 valence electrons. The highest BCUT2D eigenvalue weighted by Crippen LogP contribution is 2.41. The minimum atomic E-state index is -0.214. The maximum atomic E-state index is 15.2. The molecule has 8 heteroatoms. The van der Waals surface area contributed by atoms with Crippen LogP contribution in [-0.4, -0.2) is 54.7 Å². The van der Waals surface area contributed by atoms with Crippen molar-refractivity contribution in [2.75, 3.05) is 37.6 Å². The summed E-state index contributed by atoms with van der Waals surface area (Å²) in [5, 5.41) is 6.19. The molecule has 3 fully saturated rings. The van der Waals surface area contributed by atoms with Gasteiger partial charge in [0.1, 0.15) is 29.0 Å². The van der Waals surface area contributed by atoms with Gasteiger partial charge < -0.3 is 25.3 Å². The number of benzene rings is 2. The maximum absolute atomic E-state index is 15.2. The summed E-state index contributed by atoms with van der Waals surface area (Å²) in [6.45, 7) is 5.95. The van der Waals surface area contributed by atoms with Crippen molar-refractivity contribution in [3.63, 3.8) is 0 Å². The van der Waals surface area contributed by atoms with E-state index in [4.69, 9.17) is 9.72 Å². The minimum Gasteiger partial charge on any atom is -0.488 e. The van der Waals surface area contributed by atoms with E-state index in [0.29, 0.717) is 30.3 Å². The summed E-state index contributed by atoms with van der Waals surface area (Å²) in [5.74, 6) is 2.11. The number of ether oxygens (including phenoxy) is 1. The number of rotatable bonds is 6. The number of carbonyl (C=O) groups is 1. The van der Waals surface area contributed by atoms with Gasteiger partial charge in [0.2, 0.25) is 5.91 Å². The topological polar surface area (TPSA) is 82.3 Å². The lowest BCUT2D eigenvalue weighted by atomic mass is 10.0. The normalized spacial score (nSPS) is 21.6. The minimum absolute atomic E-state index is 0.0650. The summed E-state index contributed by atoms with van der Waals surface area (Å²) in [7, 11) is 0. The number of imidazole rings is 1. The lowest BCUT2D eigenvalue weighted by Gasteiger charge is -2.29. The second-order valence-corrected chi connectivity index (χ2v) is 9.76. The van der Waals surface area contributed by atoms with Gasteiger partial charge in [0.25, 0.3) is 0 Å². The highest BCUT2D eigenvalue weighted by atomic mass is 19.1. The standard InChI is InChI=1S/C26H30FN5O2/c1-15(19-13-24(33)29-14-19)34-23-12-18(11-21-25(23)31-26(30-21)16-2-3-16)17-4-5-22(20(27)10-17)32-8-6-28-7-9-32/h4-5,10-12,15-16,19,28H,2-3,6-9,13-14H2,1H3,(H,29,33)(H,30,31)/t15-,19-/m1/s1. The molecule has 0 bridgehead atoms. The first-order valence-electron chi connectivity index (χ1n) is 12.3. The molecule has 1 amide bonds. The Balaban J connectivity index is 1.35. The monoisotopic (exact) mass is 463 g/mol. The lowest BCUT2D eigenvalue weighted by Crippen LogP contribution is -2.43. The van der Waals surface area contributed by atoms with Crippen molar-refractivity contribution in [1.29, 1.82) is 0 Å². The van der Waals surface area contributed by atoms with Crippen LogP contribution in [0.4, 0.5) is 10.1 Å². The molecule has 0 radical (unpaired) electrons. The van der Waals surface area contributed by atoms with E-state index >= 15 is 4.39 Å². The highest BCUT2D eigenvalue weighted by Gasteiger charge is 2.30. The van der Waals surface area contributed by atoms with E-state index in [0.717, 1.165) is 67.0 Å². The van der Waals surface area contributed by atoms with E-state index in [-0.39, 0.29) is 23.7 Å². The van der Waals surface area contributed by atoms with Crippen molar-refractivity contribution in [3.8, 4) is 16.9 Å². The molecule has 2 saturated heterocycles. The summed E-state index contributed by atoms with van der Waals surface area (Å²) in [5.41, 5.74) is 4.03. The molecular weight excluding hydrogens is 433 g/mol. The quantitative estimate of drug-likeness (QED) is 0.521. The molecule has 2 aliphatic heterocycles. The number of aromatic nitrogens is 2. The molecular formula is C26H30FN5O2. The largest absolute Gasteiger partial charge is 0.488 e. The Kier molecular flexibility index (Phi) is 5.40. The zero-order valence-corrected chi connectivity index (χ0v) is 19.4. The van der Waals surface area contributed by atoms with Gasteiger partial charge in [-0.15, -0.1) is 0 Å². The Hall–Kier alpha value is -3.13. The SMILES string of the molecule is C[C@@H](Oc1cc(-c2ccc(N3CCNCC3)c(F)c2)cc2[nH]c(C3CC3)nc12)[C@H]1CNC(=O)C1. The first kappa shape index (κ1) is 21.4. The number of hydrogen-bond donors (Lipinski definition) is 3. The summed E-state index contributed by atoms with van der Waals surface area (Å²) >= 11 is 0. The zero-order valence-electron chi connectivity index (χ0n) is 19.4. The Morgan fingerprint density at radius 3 is 2.68 bits per heavy atom. The van der Waals surface area contributed by atoms with Crippen molar-refractivity contribution in [3.05, 3.63) is 42.0 Å². The molecule has 3 N–H and O–H groups in total. The number of nitrogens with zero attached hydrogens (tertiary/aromatic N) is 2. The van der Waals surface area contributed by atoms with Gasteiger partial charge in [-0.05, 0) is 55.2 Å². The summed E-state index contributed by atoms with van der Waals surface area (Å²) in [4.78, 5) is 22.1. The fraction of sp³-hybridized carbons (Fsp3) is 0.462. The number of halogens is 1. The smallest absolute Gasteiger partial charge is 0.220 e. The van der Waals surface area contributed by atoms with Gasteiger partial charge in [0.05, 0.1) is 11.2 Å². The van der Waals surface area contributed by atoms with Crippen molar-refractivity contribution in [2.45, 2.75) is 38.2 Å². The Morgan fingerprint density at radius 2 is 1.97 bits per heavy atom. The van der Waals surface area contributed by atoms with Crippen LogP contribution in [-0.2, 0) is 4.79 Å². The van der Waals surface area contributed by atoms with Gasteiger partial charge in [-0.25, -0.2) is 9.37 Å². The average Bonchev–Trinajstić information content (AvgIpc) is 3.45. The van der Waals surface area contributed by atoms with E-state index in [1.54, 1.807) is 6.07 Å². The van der Waals surface area contributed by atoms with E-state index in [9.17, 15) is 4.79 Å². The molecule has 34 heavy (non-hydrogen) atoms. The van der Waals surface area contributed by atoms with Crippen LogP contribution in [0.3, 0.4) is 0 Å². The van der Waals surface area contributed by atoms with Crippen LogP contribution in [0.15, 0.2) is 30.3 Å². The number of fused-ring (bicyclic) bond motifs is 1. The highest BCUT2D eigenvalue weighted by molar-refractivity contribution is 5.88. The second kappa shape index (κ2) is 8.58. The van der Waals surface area contributed by atoms with Gasteiger partial charge in [-0.3, -0.25) is 4.79 Å². The van der Waals surface area contributed by atoms with Crippen LogP contribution in [0.25, 0.3) is 22.2 Å². The number of hydrogen-bond acceptors (Lipinski definition) is 5. The molecule has 1 aromatic heterocycles. The molecule has 1 aliphatic carbocycles. The Labute approximate surface area is 198 Å². The molecule has 3 aliphatic rings. The van der Waals surface area contributed by atoms with Gasteiger partial charge >= 0.3 is 0 Å². The van der Waals surface area contributed by atoms with Crippen molar-refractivity contribution in [2.24, 2.45) is 5.92 Å². The van der Waals surface area contributed by atoms with Crippen molar-refractivity contribution >= 4 is 22.6 Å². The molecule has 0 unspecified atom stereocenters. The number of piperazine rings is 1. The van der Waals surface area contributed by atoms with E-state index in [2.05, 4.69) is 20.5 Å². The van der Waals surface area contributed by atoms with Gasteiger partial charge in [0, 0.05) is 51.0 Å². The van der Waals surface area contributed by atoms with Gasteiger partial charge in [-0.2, -0.15) is 0 Å². The molecule has 0 spiro atoms. The van der Waals surface area contributed by atoms with E-state index < -0.39 is 0 Å². The first-order valence-corrected chi connectivity index (χ1v) is 12.3. The van der Waals surface area contributed by atoms with Crippen LogP contribution < -0.4 is 20.3 Å². The lowest BCUT2D eigenvalue weighted by molar-refractivity contribution is -0.119. The van der Waals surface area contributed by atoms with Crippen LogP contribution in [0.2, 0.25) is 0 Å². The fourth-order valence-corrected chi connectivity index (χ4v) is 5.02. The maximum Gasteiger partial charge on any atom is 0.220 e. The number of nitrogens with one attached hydrogen (secondary N) is 3. The number of aromatic amines is 1. The predicted molar refractivity (Wildman–Crippen MR) is 130 cm³/mol. The molecule has 3 aromatic rings.